The van der Waals surface area contributed by atoms with Crippen LogP contribution in [0.15, 0.2) is 6.33 Å². The third-order valence-corrected chi connectivity index (χ3v) is 4.15. The quantitative estimate of drug-likeness (QED) is 0.709. The van der Waals surface area contributed by atoms with Gasteiger partial charge in [-0.3, -0.25) is 0 Å². The number of hydrogen-bond donors (Lipinski definition) is 2. The van der Waals surface area contributed by atoms with E-state index in [1.54, 1.807) is 18.5 Å². The number of rotatable bonds is 5. The van der Waals surface area contributed by atoms with E-state index >= 15 is 0 Å². The molecular weight excluding hydrogens is 232 g/mol. The molecule has 2 N–H and O–H groups in total. The molecule has 8 heteroatoms. The Kier molecular flexibility index (Phi) is 4.00. The fourth-order valence-corrected chi connectivity index (χ4v) is 2.22. The predicted molar refractivity (Wildman–Crippen MR) is 58.0 cm³/mol. The normalized spacial score (nSPS) is 16.0. The summed E-state index contributed by atoms with van der Waals surface area (Å²) in [5.41, 5.74) is 0. The van der Waals surface area contributed by atoms with Crippen molar-refractivity contribution in [3.8, 4) is 0 Å². The molecule has 92 valence electrons. The third kappa shape index (κ3) is 2.77. The van der Waals surface area contributed by atoms with Gasteiger partial charge in [0.05, 0.1) is 17.9 Å². The molecule has 16 heavy (non-hydrogen) atoms. The number of aliphatic hydroxyl groups excluding tert-OH is 1. The van der Waals surface area contributed by atoms with Crippen molar-refractivity contribution in [1.29, 1.82) is 0 Å². The lowest BCUT2D eigenvalue weighted by Gasteiger charge is -2.16. The number of nitrogens with zero attached hydrogens (tertiary/aromatic N) is 3. The zero-order valence-corrected chi connectivity index (χ0v) is 10.3. The molecule has 2 unspecified atom stereocenters. The summed E-state index contributed by atoms with van der Waals surface area (Å²) in [5, 5.41) is 15.4. The summed E-state index contributed by atoms with van der Waals surface area (Å²) in [6, 6.07) is -0.480. The van der Waals surface area contributed by atoms with Crippen molar-refractivity contribution in [3.05, 3.63) is 12.2 Å². The fraction of sp³-hybridized carbons (Fsp3) is 0.750. The van der Waals surface area contributed by atoms with Crippen molar-refractivity contribution in [3.63, 3.8) is 0 Å². The third-order valence-electron chi connectivity index (χ3n) is 2.26. The molecule has 0 saturated carbocycles. The highest BCUT2D eigenvalue weighted by atomic mass is 32.2. The average molecular weight is 248 g/mol. The number of hydrogen-bond acceptors (Lipinski definition) is 5. The van der Waals surface area contributed by atoms with Gasteiger partial charge in [-0.05, 0) is 13.8 Å². The fourth-order valence-electron chi connectivity index (χ4n) is 1.20. The van der Waals surface area contributed by atoms with Crippen LogP contribution in [0, 0.1) is 0 Å². The van der Waals surface area contributed by atoms with Gasteiger partial charge in [0.25, 0.3) is 0 Å². The van der Waals surface area contributed by atoms with Crippen molar-refractivity contribution in [2.75, 3.05) is 6.61 Å². The highest BCUT2D eigenvalue weighted by molar-refractivity contribution is 7.90. The van der Waals surface area contributed by atoms with Gasteiger partial charge in [-0.25, -0.2) is 13.1 Å². The Morgan fingerprint density at radius 1 is 1.56 bits per heavy atom. The van der Waals surface area contributed by atoms with Crippen LogP contribution in [0.4, 0.5) is 0 Å². The minimum atomic E-state index is -3.53. The Balaban J connectivity index is 2.80. The molecule has 0 spiro atoms. The lowest BCUT2D eigenvalue weighted by Crippen LogP contribution is -2.37. The van der Waals surface area contributed by atoms with Crippen LogP contribution in [0.25, 0.3) is 0 Å². The molecule has 1 aromatic rings. The zero-order chi connectivity index (χ0) is 12.3. The first-order chi connectivity index (χ1) is 7.38. The molecule has 0 saturated heterocycles. The van der Waals surface area contributed by atoms with Crippen LogP contribution >= 0.6 is 0 Å². The van der Waals surface area contributed by atoms with E-state index in [2.05, 4.69) is 14.9 Å². The topological polar surface area (TPSA) is 97.1 Å². The SMILES string of the molecule is CC(NS(=O)(=O)C(C)CO)c1nncn1C. The molecule has 2 atom stereocenters. The second-order valence-electron chi connectivity index (χ2n) is 3.68. The Hall–Kier alpha value is -0.990. The Morgan fingerprint density at radius 3 is 2.62 bits per heavy atom. The summed E-state index contributed by atoms with van der Waals surface area (Å²) in [6.45, 7) is 2.69. The Bertz CT molecular complexity index is 442. The van der Waals surface area contributed by atoms with E-state index < -0.39 is 27.9 Å². The number of aromatic nitrogens is 3. The first-order valence-corrected chi connectivity index (χ1v) is 6.39. The maximum absolute atomic E-state index is 11.6. The molecule has 0 amide bonds. The molecule has 7 nitrogen and oxygen atoms in total. The molecule has 0 radical (unpaired) electrons. The van der Waals surface area contributed by atoms with E-state index in [0.29, 0.717) is 5.82 Å². The van der Waals surface area contributed by atoms with E-state index in [9.17, 15) is 8.42 Å². The lowest BCUT2D eigenvalue weighted by atomic mass is 10.3. The average Bonchev–Trinajstić information content (AvgIpc) is 2.62. The summed E-state index contributed by atoms with van der Waals surface area (Å²) >= 11 is 0. The van der Waals surface area contributed by atoms with Crippen LogP contribution in [-0.2, 0) is 17.1 Å². The number of sulfonamides is 1. The van der Waals surface area contributed by atoms with Gasteiger partial charge in [-0.1, -0.05) is 0 Å². The summed E-state index contributed by atoms with van der Waals surface area (Å²) in [4.78, 5) is 0. The maximum Gasteiger partial charge on any atom is 0.217 e. The monoisotopic (exact) mass is 248 g/mol. The van der Waals surface area contributed by atoms with Gasteiger partial charge in [-0.2, -0.15) is 0 Å². The Morgan fingerprint density at radius 2 is 2.19 bits per heavy atom. The van der Waals surface area contributed by atoms with Crippen molar-refractivity contribution in [1.82, 2.24) is 19.5 Å². The van der Waals surface area contributed by atoms with Gasteiger partial charge < -0.3 is 9.67 Å². The zero-order valence-electron chi connectivity index (χ0n) is 9.45. The molecule has 0 aliphatic heterocycles. The van der Waals surface area contributed by atoms with E-state index in [-0.39, 0.29) is 0 Å². The molecule has 1 heterocycles. The molecule has 0 fully saturated rings. The minimum Gasteiger partial charge on any atom is -0.395 e. The van der Waals surface area contributed by atoms with E-state index in [1.165, 1.54) is 13.3 Å². The van der Waals surface area contributed by atoms with E-state index in [1.807, 2.05) is 0 Å². The lowest BCUT2D eigenvalue weighted by molar-refractivity contribution is 0.294. The van der Waals surface area contributed by atoms with Crippen LogP contribution in [0.2, 0.25) is 0 Å². The molecule has 0 aliphatic carbocycles. The smallest absolute Gasteiger partial charge is 0.217 e. The number of aliphatic hydroxyl groups is 1. The molecule has 0 aromatic carbocycles. The molecule has 1 aromatic heterocycles. The Labute approximate surface area is 94.6 Å². The van der Waals surface area contributed by atoms with Gasteiger partial charge in [0, 0.05) is 7.05 Å². The summed E-state index contributed by atoms with van der Waals surface area (Å²) < 4.78 is 27.4. The van der Waals surface area contributed by atoms with Crippen molar-refractivity contribution in [2.24, 2.45) is 7.05 Å². The van der Waals surface area contributed by atoms with E-state index in [4.69, 9.17) is 5.11 Å². The highest BCUT2D eigenvalue weighted by Crippen LogP contribution is 2.10. The van der Waals surface area contributed by atoms with Gasteiger partial charge >= 0.3 is 0 Å². The van der Waals surface area contributed by atoms with Gasteiger partial charge in [0.2, 0.25) is 10.0 Å². The first-order valence-electron chi connectivity index (χ1n) is 4.84. The maximum atomic E-state index is 11.6. The predicted octanol–water partition coefficient (Wildman–Crippen LogP) is -0.824. The van der Waals surface area contributed by atoms with Crippen LogP contribution in [0.5, 0.6) is 0 Å². The van der Waals surface area contributed by atoms with Crippen molar-refractivity contribution in [2.45, 2.75) is 25.1 Å². The van der Waals surface area contributed by atoms with Crippen LogP contribution in [0.1, 0.15) is 25.7 Å². The van der Waals surface area contributed by atoms with Crippen LogP contribution < -0.4 is 4.72 Å². The molecular formula is C8H16N4O3S. The molecule has 0 aliphatic rings. The molecule has 1 rings (SSSR count). The second kappa shape index (κ2) is 4.89. The van der Waals surface area contributed by atoms with Crippen LogP contribution in [-0.4, -0.2) is 40.1 Å². The van der Waals surface area contributed by atoms with E-state index in [0.717, 1.165) is 0 Å². The van der Waals surface area contributed by atoms with Gasteiger partial charge in [0.1, 0.15) is 12.2 Å². The highest BCUT2D eigenvalue weighted by Gasteiger charge is 2.24. The van der Waals surface area contributed by atoms with Gasteiger partial charge in [0.15, 0.2) is 0 Å². The standard InChI is InChI=1S/C8H16N4O3S/c1-6(4-13)16(14,15)11-7(2)8-10-9-5-12(8)3/h5-7,11,13H,4H2,1-3H3. The molecule has 0 bridgehead atoms. The van der Waals surface area contributed by atoms with Crippen LogP contribution in [0.3, 0.4) is 0 Å². The second-order valence-corrected chi connectivity index (χ2v) is 5.81. The first kappa shape index (κ1) is 13.1. The summed E-state index contributed by atoms with van der Waals surface area (Å²) in [6.07, 6.45) is 1.50. The van der Waals surface area contributed by atoms with Crippen molar-refractivity contribution >= 4 is 10.0 Å². The summed E-state index contributed by atoms with van der Waals surface area (Å²) in [7, 11) is -1.80. The largest absolute Gasteiger partial charge is 0.395 e. The summed E-state index contributed by atoms with van der Waals surface area (Å²) in [5.74, 6) is 0.522. The van der Waals surface area contributed by atoms with Gasteiger partial charge in [-0.15, -0.1) is 10.2 Å². The number of aryl methyl sites for hydroxylation is 1. The minimum absolute atomic E-state index is 0.416. The number of nitrogens with one attached hydrogen (secondary N) is 1. The van der Waals surface area contributed by atoms with Crippen molar-refractivity contribution < 1.29 is 13.5 Å².